The van der Waals surface area contributed by atoms with Crippen LogP contribution in [0.5, 0.6) is 5.75 Å². The number of ether oxygens (including phenoxy) is 1. The highest BCUT2D eigenvalue weighted by atomic mass is 16.5. The molecule has 0 aromatic heterocycles. The van der Waals surface area contributed by atoms with E-state index >= 15 is 0 Å². The second-order valence-electron chi connectivity index (χ2n) is 5.55. The van der Waals surface area contributed by atoms with Crippen molar-refractivity contribution < 1.29 is 4.74 Å². The Morgan fingerprint density at radius 1 is 1.11 bits per heavy atom. The summed E-state index contributed by atoms with van der Waals surface area (Å²) in [6.45, 7) is 5.05. The molecule has 2 nitrogen and oxygen atoms in total. The molecule has 1 fully saturated rings. The second kappa shape index (κ2) is 8.21. The molecule has 0 heterocycles. The van der Waals surface area contributed by atoms with Gasteiger partial charge in [-0.1, -0.05) is 38.3 Å². The molecule has 1 aliphatic rings. The minimum atomic E-state index is 0.762. The van der Waals surface area contributed by atoms with Crippen LogP contribution in [0.15, 0.2) is 24.3 Å². The van der Waals surface area contributed by atoms with E-state index in [1.54, 1.807) is 0 Å². The first-order valence-corrected chi connectivity index (χ1v) is 7.81. The van der Waals surface area contributed by atoms with Crippen LogP contribution in [0.3, 0.4) is 0 Å². The van der Waals surface area contributed by atoms with Gasteiger partial charge in [-0.05, 0) is 49.4 Å². The van der Waals surface area contributed by atoms with Gasteiger partial charge in [0, 0.05) is 6.54 Å². The molecule has 1 aromatic rings. The number of hydrogen-bond acceptors (Lipinski definition) is 2. The van der Waals surface area contributed by atoms with Gasteiger partial charge in [-0.3, -0.25) is 0 Å². The number of nitrogens with one attached hydrogen (secondary N) is 1. The zero-order chi connectivity index (χ0) is 13.3. The monoisotopic (exact) mass is 261 g/mol. The molecule has 0 amide bonds. The van der Waals surface area contributed by atoms with Gasteiger partial charge >= 0.3 is 0 Å². The van der Waals surface area contributed by atoms with E-state index in [2.05, 4.69) is 36.5 Å². The zero-order valence-corrected chi connectivity index (χ0v) is 12.2. The van der Waals surface area contributed by atoms with E-state index in [1.165, 1.54) is 37.7 Å². The second-order valence-corrected chi connectivity index (χ2v) is 5.55. The molecule has 0 aliphatic heterocycles. The molecular weight excluding hydrogens is 234 g/mol. The predicted molar refractivity (Wildman–Crippen MR) is 80.8 cm³/mol. The van der Waals surface area contributed by atoms with E-state index in [-0.39, 0.29) is 0 Å². The van der Waals surface area contributed by atoms with Crippen LogP contribution in [0.4, 0.5) is 0 Å². The number of aryl methyl sites for hydroxylation is 1. The normalized spacial score (nSPS) is 16.5. The highest BCUT2D eigenvalue weighted by molar-refractivity contribution is 5.27. The van der Waals surface area contributed by atoms with Gasteiger partial charge in [-0.2, -0.15) is 0 Å². The third-order valence-corrected chi connectivity index (χ3v) is 4.04. The van der Waals surface area contributed by atoms with Crippen LogP contribution < -0.4 is 10.1 Å². The van der Waals surface area contributed by atoms with Crippen LogP contribution >= 0.6 is 0 Å². The van der Waals surface area contributed by atoms with Gasteiger partial charge in [0.05, 0.1) is 0 Å². The van der Waals surface area contributed by atoms with E-state index in [0.29, 0.717) is 0 Å². The highest BCUT2D eigenvalue weighted by Gasteiger charge is 2.12. The molecule has 0 atom stereocenters. The average Bonchev–Trinajstić information content (AvgIpc) is 2.49. The fraction of sp³-hybridized carbons (Fsp3) is 0.647. The summed E-state index contributed by atoms with van der Waals surface area (Å²) in [5, 5.41) is 3.52. The number of hydrogen-bond donors (Lipinski definition) is 1. The maximum absolute atomic E-state index is 5.73. The summed E-state index contributed by atoms with van der Waals surface area (Å²) in [6, 6.07) is 8.43. The number of rotatable bonds is 7. The quantitative estimate of drug-likeness (QED) is 0.754. The lowest BCUT2D eigenvalue weighted by Gasteiger charge is -2.21. The molecule has 1 saturated carbocycles. The van der Waals surface area contributed by atoms with E-state index in [1.807, 2.05) is 0 Å². The summed E-state index contributed by atoms with van der Waals surface area (Å²) >= 11 is 0. The van der Waals surface area contributed by atoms with Gasteiger partial charge in [-0.15, -0.1) is 0 Å². The Balaban J connectivity index is 1.55. The van der Waals surface area contributed by atoms with E-state index in [4.69, 9.17) is 4.74 Å². The summed E-state index contributed by atoms with van der Waals surface area (Å²) in [5.41, 5.74) is 1.36. The molecule has 19 heavy (non-hydrogen) atoms. The fourth-order valence-electron chi connectivity index (χ4n) is 2.76. The average molecular weight is 261 g/mol. The smallest absolute Gasteiger partial charge is 0.119 e. The maximum Gasteiger partial charge on any atom is 0.119 e. The van der Waals surface area contributed by atoms with Crippen molar-refractivity contribution in [3.63, 3.8) is 0 Å². The summed E-state index contributed by atoms with van der Waals surface area (Å²) in [5.74, 6) is 1.88. The minimum absolute atomic E-state index is 0.762. The lowest BCUT2D eigenvalue weighted by molar-refractivity contribution is 0.294. The molecule has 2 rings (SSSR count). The maximum atomic E-state index is 5.73. The third-order valence-electron chi connectivity index (χ3n) is 4.04. The van der Waals surface area contributed by atoms with E-state index < -0.39 is 0 Å². The lowest BCUT2D eigenvalue weighted by Crippen LogP contribution is -2.28. The van der Waals surface area contributed by atoms with Crippen molar-refractivity contribution in [1.82, 2.24) is 5.32 Å². The molecule has 0 radical (unpaired) electrons. The molecule has 1 aromatic carbocycles. The Hall–Kier alpha value is -1.02. The van der Waals surface area contributed by atoms with Crippen molar-refractivity contribution in [3.8, 4) is 5.75 Å². The van der Waals surface area contributed by atoms with Gasteiger partial charge in [0.2, 0.25) is 0 Å². The summed E-state index contributed by atoms with van der Waals surface area (Å²) in [4.78, 5) is 0. The first kappa shape index (κ1) is 14.4. The van der Waals surface area contributed by atoms with Gasteiger partial charge in [-0.25, -0.2) is 0 Å². The van der Waals surface area contributed by atoms with Crippen LogP contribution in [-0.2, 0) is 6.42 Å². The molecule has 0 saturated heterocycles. The zero-order valence-electron chi connectivity index (χ0n) is 12.2. The highest BCUT2D eigenvalue weighted by Crippen LogP contribution is 2.22. The van der Waals surface area contributed by atoms with Gasteiger partial charge < -0.3 is 10.1 Å². The Labute approximate surface area is 117 Å². The molecule has 0 bridgehead atoms. The fourth-order valence-corrected chi connectivity index (χ4v) is 2.76. The first-order chi connectivity index (χ1) is 9.38. The van der Waals surface area contributed by atoms with Gasteiger partial charge in [0.25, 0.3) is 0 Å². The SMILES string of the molecule is CCc1ccc(OCCNCC2CCCCC2)cc1. The Morgan fingerprint density at radius 2 is 1.84 bits per heavy atom. The van der Waals surface area contributed by atoms with Crippen LogP contribution in [0, 0.1) is 5.92 Å². The third kappa shape index (κ3) is 5.23. The summed E-state index contributed by atoms with van der Waals surface area (Å²) in [7, 11) is 0. The molecule has 0 spiro atoms. The van der Waals surface area contributed by atoms with E-state index in [9.17, 15) is 0 Å². The lowest BCUT2D eigenvalue weighted by atomic mass is 9.89. The minimum Gasteiger partial charge on any atom is -0.492 e. The largest absolute Gasteiger partial charge is 0.492 e. The van der Waals surface area contributed by atoms with Gasteiger partial charge in [0.15, 0.2) is 0 Å². The first-order valence-electron chi connectivity index (χ1n) is 7.81. The van der Waals surface area contributed by atoms with Crippen molar-refractivity contribution in [2.75, 3.05) is 19.7 Å². The van der Waals surface area contributed by atoms with Crippen LogP contribution in [0.2, 0.25) is 0 Å². The van der Waals surface area contributed by atoms with Crippen LogP contribution in [-0.4, -0.2) is 19.7 Å². The van der Waals surface area contributed by atoms with Gasteiger partial charge in [0.1, 0.15) is 12.4 Å². The summed E-state index contributed by atoms with van der Waals surface area (Å²) < 4.78 is 5.73. The number of benzene rings is 1. The van der Waals surface area contributed by atoms with Crippen LogP contribution in [0.1, 0.15) is 44.6 Å². The van der Waals surface area contributed by atoms with Crippen molar-refractivity contribution in [2.24, 2.45) is 5.92 Å². The topological polar surface area (TPSA) is 21.3 Å². The van der Waals surface area contributed by atoms with Crippen molar-refractivity contribution >= 4 is 0 Å². The van der Waals surface area contributed by atoms with Crippen molar-refractivity contribution in [2.45, 2.75) is 45.4 Å². The molecule has 1 aliphatic carbocycles. The van der Waals surface area contributed by atoms with Crippen molar-refractivity contribution in [3.05, 3.63) is 29.8 Å². The molecular formula is C17H27NO. The molecule has 1 N–H and O–H groups in total. The molecule has 106 valence electrons. The predicted octanol–water partition coefficient (Wildman–Crippen LogP) is 3.80. The standard InChI is InChI=1S/C17H27NO/c1-2-15-8-10-17(11-9-15)19-13-12-18-14-16-6-4-3-5-7-16/h8-11,16,18H,2-7,12-14H2,1H3. The Kier molecular flexibility index (Phi) is 6.22. The van der Waals surface area contributed by atoms with Crippen LogP contribution in [0.25, 0.3) is 0 Å². The molecule has 2 heteroatoms. The van der Waals surface area contributed by atoms with E-state index in [0.717, 1.165) is 37.8 Å². The summed E-state index contributed by atoms with van der Waals surface area (Å²) in [6.07, 6.45) is 8.19. The Morgan fingerprint density at radius 3 is 2.53 bits per heavy atom. The van der Waals surface area contributed by atoms with Crippen molar-refractivity contribution in [1.29, 1.82) is 0 Å². The Bertz CT molecular complexity index is 341. The molecule has 0 unspecified atom stereocenters.